The second-order valence-corrected chi connectivity index (χ2v) is 4.45. The standard InChI is InChI=1S/C11H11Cl2N3O2/c1-6-15-10(18-16-6)5-17-11-7(4-14)2-8(12)3-9(11)13/h2-3H,4-5,14H2,1H3. The fourth-order valence-corrected chi connectivity index (χ4v) is 2.05. The number of nitrogens with two attached hydrogens (primary N) is 1. The quantitative estimate of drug-likeness (QED) is 0.936. The first kappa shape index (κ1) is 13.1. The molecular weight excluding hydrogens is 277 g/mol. The van der Waals surface area contributed by atoms with E-state index < -0.39 is 0 Å². The van der Waals surface area contributed by atoms with Gasteiger partial charge in [-0.1, -0.05) is 28.4 Å². The van der Waals surface area contributed by atoms with Crippen molar-refractivity contribution in [3.8, 4) is 5.75 Å². The van der Waals surface area contributed by atoms with E-state index in [9.17, 15) is 0 Å². The third-order valence-electron chi connectivity index (χ3n) is 2.21. The first-order valence-electron chi connectivity index (χ1n) is 5.20. The van der Waals surface area contributed by atoms with Gasteiger partial charge < -0.3 is 15.0 Å². The third kappa shape index (κ3) is 2.93. The second-order valence-electron chi connectivity index (χ2n) is 3.60. The van der Waals surface area contributed by atoms with Gasteiger partial charge in [-0.3, -0.25) is 0 Å². The highest BCUT2D eigenvalue weighted by Gasteiger charge is 2.11. The zero-order valence-electron chi connectivity index (χ0n) is 9.61. The monoisotopic (exact) mass is 287 g/mol. The van der Waals surface area contributed by atoms with E-state index in [1.165, 1.54) is 0 Å². The summed E-state index contributed by atoms with van der Waals surface area (Å²) in [7, 11) is 0. The van der Waals surface area contributed by atoms with E-state index in [2.05, 4.69) is 10.1 Å². The lowest BCUT2D eigenvalue weighted by atomic mass is 10.2. The van der Waals surface area contributed by atoms with Crippen LogP contribution in [0.15, 0.2) is 16.7 Å². The summed E-state index contributed by atoms with van der Waals surface area (Å²) >= 11 is 11.9. The summed E-state index contributed by atoms with van der Waals surface area (Å²) in [6, 6.07) is 3.30. The average molecular weight is 288 g/mol. The molecule has 0 saturated carbocycles. The normalized spacial score (nSPS) is 10.7. The molecule has 0 amide bonds. The van der Waals surface area contributed by atoms with Crippen molar-refractivity contribution in [1.82, 2.24) is 10.1 Å². The predicted octanol–water partition coefficient (Wildman–Crippen LogP) is 2.72. The molecule has 5 nitrogen and oxygen atoms in total. The molecule has 1 heterocycles. The van der Waals surface area contributed by atoms with E-state index in [1.54, 1.807) is 19.1 Å². The number of hydrogen-bond acceptors (Lipinski definition) is 5. The number of hydrogen-bond donors (Lipinski definition) is 1. The van der Waals surface area contributed by atoms with Crippen LogP contribution in [0.5, 0.6) is 5.75 Å². The van der Waals surface area contributed by atoms with Crippen LogP contribution in [0.1, 0.15) is 17.3 Å². The Morgan fingerprint density at radius 3 is 2.78 bits per heavy atom. The molecule has 2 aromatic rings. The van der Waals surface area contributed by atoms with Crippen LogP contribution in [0.3, 0.4) is 0 Å². The molecule has 0 aliphatic heterocycles. The Balaban J connectivity index is 2.18. The Labute approximate surface area is 114 Å². The molecule has 2 N–H and O–H groups in total. The molecule has 0 fully saturated rings. The lowest BCUT2D eigenvalue weighted by Gasteiger charge is -2.11. The minimum Gasteiger partial charge on any atom is -0.482 e. The topological polar surface area (TPSA) is 74.2 Å². The summed E-state index contributed by atoms with van der Waals surface area (Å²) in [5, 5.41) is 4.58. The zero-order valence-corrected chi connectivity index (χ0v) is 11.1. The first-order chi connectivity index (χ1) is 8.60. The van der Waals surface area contributed by atoms with Gasteiger partial charge in [-0.15, -0.1) is 0 Å². The number of aromatic nitrogens is 2. The maximum atomic E-state index is 6.05. The third-order valence-corrected chi connectivity index (χ3v) is 2.71. The number of ether oxygens (including phenoxy) is 1. The summed E-state index contributed by atoms with van der Waals surface area (Å²) in [6.07, 6.45) is 0. The van der Waals surface area contributed by atoms with E-state index in [1.807, 2.05) is 0 Å². The highest BCUT2D eigenvalue weighted by Crippen LogP contribution is 2.32. The van der Waals surface area contributed by atoms with Gasteiger partial charge in [-0.05, 0) is 19.1 Å². The summed E-state index contributed by atoms with van der Waals surface area (Å²) in [4.78, 5) is 4.03. The first-order valence-corrected chi connectivity index (χ1v) is 5.95. The molecule has 18 heavy (non-hydrogen) atoms. The van der Waals surface area contributed by atoms with Crippen LogP contribution in [0.4, 0.5) is 0 Å². The van der Waals surface area contributed by atoms with Crippen molar-refractivity contribution in [3.05, 3.63) is 39.5 Å². The fourth-order valence-electron chi connectivity index (χ4n) is 1.46. The van der Waals surface area contributed by atoms with Gasteiger partial charge in [-0.25, -0.2) is 0 Å². The smallest absolute Gasteiger partial charge is 0.264 e. The summed E-state index contributed by atoms with van der Waals surface area (Å²) in [6.45, 7) is 2.14. The Hall–Kier alpha value is -1.30. The molecule has 0 aliphatic rings. The summed E-state index contributed by atoms with van der Waals surface area (Å²) in [5.41, 5.74) is 6.34. The van der Waals surface area contributed by atoms with Crippen LogP contribution in [0.2, 0.25) is 10.0 Å². The molecule has 0 unspecified atom stereocenters. The minimum absolute atomic E-state index is 0.134. The van der Waals surface area contributed by atoms with Crippen LogP contribution in [-0.2, 0) is 13.2 Å². The van der Waals surface area contributed by atoms with Crippen LogP contribution in [0, 0.1) is 6.92 Å². The van der Waals surface area contributed by atoms with E-state index in [-0.39, 0.29) is 13.2 Å². The van der Waals surface area contributed by atoms with Gasteiger partial charge in [0.2, 0.25) is 0 Å². The molecule has 1 aromatic carbocycles. The molecule has 7 heteroatoms. The Morgan fingerprint density at radius 2 is 2.17 bits per heavy atom. The van der Waals surface area contributed by atoms with Crippen molar-refractivity contribution in [2.75, 3.05) is 0 Å². The van der Waals surface area contributed by atoms with Gasteiger partial charge in [0.05, 0.1) is 5.02 Å². The van der Waals surface area contributed by atoms with Crippen molar-refractivity contribution in [2.45, 2.75) is 20.1 Å². The number of nitrogens with zero attached hydrogens (tertiary/aromatic N) is 2. The molecule has 1 aromatic heterocycles. The summed E-state index contributed by atoms with van der Waals surface area (Å²) < 4.78 is 10.5. The number of aryl methyl sites for hydroxylation is 1. The molecule has 0 saturated heterocycles. The van der Waals surface area contributed by atoms with Gasteiger partial charge in [0.15, 0.2) is 12.4 Å². The van der Waals surface area contributed by atoms with Crippen molar-refractivity contribution in [3.63, 3.8) is 0 Å². The number of rotatable bonds is 4. The molecular formula is C11H11Cl2N3O2. The van der Waals surface area contributed by atoms with Crippen LogP contribution >= 0.6 is 23.2 Å². The van der Waals surface area contributed by atoms with E-state index in [0.717, 1.165) is 5.56 Å². The maximum absolute atomic E-state index is 6.05. The van der Waals surface area contributed by atoms with Crippen molar-refractivity contribution in [2.24, 2.45) is 5.73 Å². The van der Waals surface area contributed by atoms with Crippen molar-refractivity contribution < 1.29 is 9.26 Å². The molecule has 96 valence electrons. The molecule has 0 spiro atoms. The van der Waals surface area contributed by atoms with Gasteiger partial charge in [-0.2, -0.15) is 4.98 Å². The molecule has 0 atom stereocenters. The van der Waals surface area contributed by atoms with Crippen LogP contribution < -0.4 is 10.5 Å². The Morgan fingerprint density at radius 1 is 1.39 bits per heavy atom. The highest BCUT2D eigenvalue weighted by molar-refractivity contribution is 6.35. The van der Waals surface area contributed by atoms with Gasteiger partial charge in [0, 0.05) is 17.1 Å². The van der Waals surface area contributed by atoms with Crippen molar-refractivity contribution in [1.29, 1.82) is 0 Å². The predicted molar refractivity (Wildman–Crippen MR) is 67.7 cm³/mol. The fraction of sp³-hybridized carbons (Fsp3) is 0.273. The maximum Gasteiger partial charge on any atom is 0.264 e. The zero-order chi connectivity index (χ0) is 13.1. The van der Waals surface area contributed by atoms with E-state index >= 15 is 0 Å². The number of halogens is 2. The van der Waals surface area contributed by atoms with Crippen LogP contribution in [-0.4, -0.2) is 10.1 Å². The molecule has 0 bridgehead atoms. The molecule has 0 aliphatic carbocycles. The highest BCUT2D eigenvalue weighted by atomic mass is 35.5. The van der Waals surface area contributed by atoms with Gasteiger partial charge in [0.1, 0.15) is 5.75 Å². The Kier molecular flexibility index (Phi) is 4.06. The van der Waals surface area contributed by atoms with E-state index in [0.29, 0.717) is 27.5 Å². The largest absolute Gasteiger partial charge is 0.482 e. The second kappa shape index (κ2) is 5.56. The Bertz CT molecular complexity index is 557. The van der Waals surface area contributed by atoms with Gasteiger partial charge in [0.25, 0.3) is 5.89 Å². The summed E-state index contributed by atoms with van der Waals surface area (Å²) in [5.74, 6) is 1.41. The molecule has 0 radical (unpaired) electrons. The van der Waals surface area contributed by atoms with E-state index in [4.69, 9.17) is 38.2 Å². The lowest BCUT2D eigenvalue weighted by molar-refractivity contribution is 0.241. The minimum atomic E-state index is 0.134. The van der Waals surface area contributed by atoms with Crippen molar-refractivity contribution >= 4 is 23.2 Å². The van der Waals surface area contributed by atoms with Crippen LogP contribution in [0.25, 0.3) is 0 Å². The lowest BCUT2D eigenvalue weighted by Crippen LogP contribution is -2.03. The SMILES string of the molecule is Cc1noc(COc2c(Cl)cc(Cl)cc2CN)n1. The van der Waals surface area contributed by atoms with Gasteiger partial charge >= 0.3 is 0 Å². The molecule has 2 rings (SSSR count). The number of benzene rings is 1. The average Bonchev–Trinajstić information content (AvgIpc) is 2.73.